The molecular weight excluding hydrogens is 303 g/mol. The van der Waals surface area contributed by atoms with Crippen molar-refractivity contribution in [3.8, 4) is 5.75 Å². The average Bonchev–Trinajstić information content (AvgIpc) is 2.91. The van der Waals surface area contributed by atoms with Gasteiger partial charge in [0.2, 0.25) is 0 Å². The lowest BCUT2D eigenvalue weighted by molar-refractivity contribution is -0.199. The van der Waals surface area contributed by atoms with Gasteiger partial charge < -0.3 is 18.8 Å². The second-order valence-corrected chi connectivity index (χ2v) is 8.26. The molecule has 24 heavy (non-hydrogen) atoms. The minimum absolute atomic E-state index is 0.146. The maximum absolute atomic E-state index is 6.35. The van der Waals surface area contributed by atoms with Gasteiger partial charge in [0.05, 0.1) is 31.9 Å². The van der Waals surface area contributed by atoms with E-state index in [2.05, 4.69) is 20.8 Å². The van der Waals surface area contributed by atoms with E-state index in [9.17, 15) is 0 Å². The van der Waals surface area contributed by atoms with Gasteiger partial charge >= 0.3 is 7.12 Å². The summed E-state index contributed by atoms with van der Waals surface area (Å²) in [6, 6.07) is 7.94. The molecule has 0 amide bonds. The van der Waals surface area contributed by atoms with E-state index in [1.165, 1.54) is 6.42 Å². The third kappa shape index (κ3) is 2.49. The van der Waals surface area contributed by atoms with Crippen LogP contribution >= 0.6 is 0 Å². The molecule has 4 fully saturated rings. The van der Waals surface area contributed by atoms with Crippen LogP contribution in [0.5, 0.6) is 5.75 Å². The predicted molar refractivity (Wildman–Crippen MR) is 92.8 cm³/mol. The molecule has 1 aromatic rings. The minimum atomic E-state index is -0.242. The molecule has 0 aromatic heterocycles. The molecule has 3 aliphatic carbocycles. The van der Waals surface area contributed by atoms with Crippen molar-refractivity contribution in [2.24, 2.45) is 17.3 Å². The molecule has 0 N–H and O–H groups in total. The Bertz CT molecular complexity index is 602. The topological polar surface area (TPSA) is 36.9 Å². The van der Waals surface area contributed by atoms with E-state index in [4.69, 9.17) is 18.8 Å². The first-order chi connectivity index (χ1) is 11.4. The van der Waals surface area contributed by atoms with E-state index in [0.29, 0.717) is 24.4 Å². The quantitative estimate of drug-likeness (QED) is 0.775. The Balaban J connectivity index is 1.31. The van der Waals surface area contributed by atoms with Gasteiger partial charge in [0.1, 0.15) is 5.75 Å². The highest BCUT2D eigenvalue weighted by Gasteiger charge is 2.67. The summed E-state index contributed by atoms with van der Waals surface area (Å²) in [6.07, 6.45) is 2.63. The Labute approximate surface area is 145 Å². The van der Waals surface area contributed by atoms with Gasteiger partial charge in [0, 0.05) is 0 Å². The molecule has 130 valence electrons. The molecule has 2 bridgehead atoms. The van der Waals surface area contributed by atoms with Gasteiger partial charge in [-0.25, -0.2) is 0 Å². The van der Waals surface area contributed by atoms with Crippen LogP contribution in [-0.4, -0.2) is 32.4 Å². The molecular formula is C19H27BO4. The molecule has 1 aromatic carbocycles. The third-order valence-corrected chi connectivity index (χ3v) is 6.68. The summed E-state index contributed by atoms with van der Waals surface area (Å²) in [5, 5.41) is 0. The number of methoxy groups -OCH3 is 1. The Morgan fingerprint density at radius 2 is 1.92 bits per heavy atom. The van der Waals surface area contributed by atoms with E-state index in [1.54, 1.807) is 7.11 Å². The maximum atomic E-state index is 6.35. The van der Waals surface area contributed by atoms with E-state index in [-0.39, 0.29) is 18.8 Å². The zero-order valence-corrected chi connectivity index (χ0v) is 15.1. The SMILES string of the molecule is COc1ccc(COCB2OC3C[C@H]4C[C@H](C4(C)C)[C@@]3(C)O2)cc1. The highest BCUT2D eigenvalue weighted by Crippen LogP contribution is 2.65. The van der Waals surface area contributed by atoms with Crippen molar-refractivity contribution in [2.75, 3.05) is 13.6 Å². The molecule has 4 aliphatic rings. The first-order valence-corrected chi connectivity index (χ1v) is 8.97. The van der Waals surface area contributed by atoms with Crippen molar-refractivity contribution in [3.63, 3.8) is 0 Å². The van der Waals surface area contributed by atoms with Gasteiger partial charge in [-0.3, -0.25) is 0 Å². The summed E-state index contributed by atoms with van der Waals surface area (Å²) >= 11 is 0. The van der Waals surface area contributed by atoms with Crippen LogP contribution in [0.3, 0.4) is 0 Å². The number of ether oxygens (including phenoxy) is 2. The number of rotatable bonds is 5. The molecule has 4 atom stereocenters. The second kappa shape index (κ2) is 5.75. The fourth-order valence-corrected chi connectivity index (χ4v) is 5.02. The molecule has 4 nitrogen and oxygen atoms in total. The van der Waals surface area contributed by atoms with Gasteiger partial charge in [0.15, 0.2) is 0 Å². The molecule has 1 unspecified atom stereocenters. The van der Waals surface area contributed by atoms with Gasteiger partial charge in [-0.15, -0.1) is 0 Å². The first kappa shape index (κ1) is 16.4. The van der Waals surface area contributed by atoms with Crippen LogP contribution in [0.4, 0.5) is 0 Å². The lowest BCUT2D eigenvalue weighted by Gasteiger charge is -2.64. The van der Waals surface area contributed by atoms with E-state index in [0.717, 1.165) is 23.7 Å². The Kier molecular flexibility index (Phi) is 3.94. The fourth-order valence-electron chi connectivity index (χ4n) is 5.02. The summed E-state index contributed by atoms with van der Waals surface area (Å²) in [5.41, 5.74) is 1.36. The molecule has 1 saturated heterocycles. The second-order valence-electron chi connectivity index (χ2n) is 8.26. The van der Waals surface area contributed by atoms with Crippen molar-refractivity contribution >= 4 is 7.12 Å². The van der Waals surface area contributed by atoms with Crippen LogP contribution in [0.15, 0.2) is 24.3 Å². The summed E-state index contributed by atoms with van der Waals surface area (Å²) in [7, 11) is 1.43. The lowest BCUT2D eigenvalue weighted by Crippen LogP contribution is -2.65. The highest BCUT2D eigenvalue weighted by atomic mass is 16.7. The fraction of sp³-hybridized carbons (Fsp3) is 0.684. The molecule has 5 rings (SSSR count). The molecule has 0 radical (unpaired) electrons. The summed E-state index contributed by atoms with van der Waals surface area (Å²) < 4.78 is 23.5. The van der Waals surface area contributed by atoms with Gasteiger partial charge in [-0.05, 0) is 54.7 Å². The van der Waals surface area contributed by atoms with Crippen LogP contribution in [0, 0.1) is 17.3 Å². The van der Waals surface area contributed by atoms with Crippen LogP contribution in [0.25, 0.3) is 0 Å². The van der Waals surface area contributed by atoms with Crippen molar-refractivity contribution < 1.29 is 18.8 Å². The Morgan fingerprint density at radius 1 is 1.17 bits per heavy atom. The van der Waals surface area contributed by atoms with Gasteiger partial charge in [0.25, 0.3) is 0 Å². The summed E-state index contributed by atoms with van der Waals surface area (Å²) in [4.78, 5) is 0. The van der Waals surface area contributed by atoms with E-state index < -0.39 is 0 Å². The maximum Gasteiger partial charge on any atom is 0.485 e. The lowest BCUT2D eigenvalue weighted by atomic mass is 9.43. The van der Waals surface area contributed by atoms with Crippen LogP contribution < -0.4 is 4.74 Å². The van der Waals surface area contributed by atoms with Crippen molar-refractivity contribution in [3.05, 3.63) is 29.8 Å². The largest absolute Gasteiger partial charge is 0.497 e. The van der Waals surface area contributed by atoms with Crippen LogP contribution in [0.1, 0.15) is 39.2 Å². The normalized spacial score (nSPS) is 36.2. The summed E-state index contributed by atoms with van der Waals surface area (Å²) in [5.74, 6) is 2.24. The van der Waals surface area contributed by atoms with Crippen LogP contribution in [0.2, 0.25) is 0 Å². The smallest absolute Gasteiger partial charge is 0.485 e. The molecule has 0 spiro atoms. The van der Waals surface area contributed by atoms with Gasteiger partial charge in [-0.2, -0.15) is 0 Å². The van der Waals surface area contributed by atoms with Crippen molar-refractivity contribution in [1.29, 1.82) is 0 Å². The number of benzene rings is 1. The van der Waals surface area contributed by atoms with Crippen LogP contribution in [-0.2, 0) is 20.7 Å². The standard InChI is InChI=1S/C19H27BO4/c1-18(2)14-9-16(18)19(3)17(10-14)23-20(24-19)12-22-11-13-5-7-15(21-4)8-6-13/h5-8,14,16-17H,9-12H2,1-4H3/t14-,16-,17?,19-/m1/s1. The number of hydrogen-bond donors (Lipinski definition) is 0. The average molecular weight is 330 g/mol. The monoisotopic (exact) mass is 330 g/mol. The van der Waals surface area contributed by atoms with Crippen molar-refractivity contribution in [2.45, 2.75) is 51.9 Å². The summed E-state index contributed by atoms with van der Waals surface area (Å²) in [6.45, 7) is 8.04. The third-order valence-electron chi connectivity index (χ3n) is 6.68. The molecule has 1 heterocycles. The number of hydrogen-bond acceptors (Lipinski definition) is 4. The Hall–Kier alpha value is -1.04. The zero-order valence-electron chi connectivity index (χ0n) is 15.1. The van der Waals surface area contributed by atoms with E-state index >= 15 is 0 Å². The van der Waals surface area contributed by atoms with E-state index in [1.807, 2.05) is 24.3 Å². The Morgan fingerprint density at radius 3 is 2.58 bits per heavy atom. The molecule has 1 aliphatic heterocycles. The van der Waals surface area contributed by atoms with Crippen molar-refractivity contribution in [1.82, 2.24) is 0 Å². The molecule has 5 heteroatoms. The first-order valence-electron chi connectivity index (χ1n) is 8.97. The highest BCUT2D eigenvalue weighted by molar-refractivity contribution is 6.45. The molecule has 3 saturated carbocycles. The zero-order chi connectivity index (χ0) is 16.9. The predicted octanol–water partition coefficient (Wildman–Crippen LogP) is 3.48. The van der Waals surface area contributed by atoms with Gasteiger partial charge in [-0.1, -0.05) is 26.0 Å². The minimum Gasteiger partial charge on any atom is -0.497 e.